The summed E-state index contributed by atoms with van der Waals surface area (Å²) in [5.74, 6) is -2.49. The van der Waals surface area contributed by atoms with Crippen LogP contribution in [0.15, 0.2) is 24.4 Å². The third-order valence-electron chi connectivity index (χ3n) is 9.96. The molecular weight excluding hydrogens is 668 g/mol. The zero-order valence-electron chi connectivity index (χ0n) is 29.7. The van der Waals surface area contributed by atoms with E-state index in [1.54, 1.807) is 61.8 Å². The number of ether oxygens (including phenoxy) is 3. The molecule has 17 heteroatoms. The number of likely N-dealkylation sites (tertiary alicyclic amines) is 1. The summed E-state index contributed by atoms with van der Waals surface area (Å²) in [5.41, 5.74) is -2.19. The van der Waals surface area contributed by atoms with Crippen LogP contribution in [0, 0.1) is 0 Å². The molecule has 51 heavy (non-hydrogen) atoms. The molecule has 2 aromatic rings. The number of carbonyl (C=O) groups excluding carboxylic acids is 3. The van der Waals surface area contributed by atoms with E-state index < -0.39 is 84.0 Å². The van der Waals surface area contributed by atoms with Gasteiger partial charge in [-0.1, -0.05) is 0 Å². The number of aromatic nitrogens is 2. The summed E-state index contributed by atoms with van der Waals surface area (Å²) in [4.78, 5) is 54.6. The van der Waals surface area contributed by atoms with Crippen molar-refractivity contribution >= 4 is 34.8 Å². The number of rotatable bonds is 10. The second-order valence-electron chi connectivity index (χ2n) is 14.9. The van der Waals surface area contributed by atoms with E-state index in [-0.39, 0.29) is 13.0 Å². The van der Waals surface area contributed by atoms with E-state index in [4.69, 9.17) is 14.2 Å². The van der Waals surface area contributed by atoms with E-state index in [9.17, 15) is 39.6 Å². The maximum absolute atomic E-state index is 13.0. The summed E-state index contributed by atoms with van der Waals surface area (Å²) in [6, 6.07) is 3.69. The molecule has 3 saturated heterocycles. The first-order valence-electron chi connectivity index (χ1n) is 17.2. The van der Waals surface area contributed by atoms with Crippen LogP contribution in [-0.2, 0) is 30.8 Å². The fourth-order valence-electron chi connectivity index (χ4n) is 7.25. The molecule has 0 saturated carbocycles. The summed E-state index contributed by atoms with van der Waals surface area (Å²) in [6.45, 7) is 8.19. The van der Waals surface area contributed by atoms with E-state index in [0.29, 0.717) is 44.8 Å². The third kappa shape index (κ3) is 8.45. The Morgan fingerprint density at radius 3 is 2.61 bits per heavy atom. The number of aliphatic hydroxyl groups excluding tert-OH is 3. The van der Waals surface area contributed by atoms with Gasteiger partial charge in [0, 0.05) is 70.5 Å². The van der Waals surface area contributed by atoms with E-state index >= 15 is 0 Å². The molecule has 3 fully saturated rings. The first kappa shape index (κ1) is 38.4. The summed E-state index contributed by atoms with van der Waals surface area (Å²) in [7, 11) is 1.77. The minimum Gasteiger partial charge on any atom is -0.479 e. The largest absolute Gasteiger partial charge is 0.479 e. The van der Waals surface area contributed by atoms with E-state index in [1.165, 1.54) is 6.92 Å². The Labute approximate surface area is 295 Å². The molecule has 1 aromatic carbocycles. The predicted octanol–water partition coefficient (Wildman–Crippen LogP) is -0.395. The number of carbonyl (C=O) groups is 4. The lowest BCUT2D eigenvalue weighted by atomic mass is 9.81. The molecule has 0 unspecified atom stereocenters. The van der Waals surface area contributed by atoms with E-state index in [0.717, 1.165) is 10.9 Å². The number of morpholine rings is 1. The van der Waals surface area contributed by atoms with Crippen LogP contribution in [0.2, 0.25) is 0 Å². The fraction of sp³-hybridized carbons (Fsp3) is 0.676. The van der Waals surface area contributed by atoms with Crippen molar-refractivity contribution in [3.8, 4) is 0 Å². The van der Waals surface area contributed by atoms with Gasteiger partial charge in [-0.15, -0.1) is 0 Å². The number of aryl methyl sites for hydroxylation is 1. The minimum atomic E-state index is -2.02. The van der Waals surface area contributed by atoms with Crippen LogP contribution in [0.1, 0.15) is 57.3 Å². The van der Waals surface area contributed by atoms with E-state index in [1.807, 2.05) is 0 Å². The molecule has 1 aromatic heterocycles. The number of hydrogen-bond donors (Lipinski definition) is 6. The first-order valence-corrected chi connectivity index (χ1v) is 17.2. The number of carboxylic acid groups (broad SMARTS) is 1. The summed E-state index contributed by atoms with van der Waals surface area (Å²) >= 11 is 0. The highest BCUT2D eigenvalue weighted by molar-refractivity contribution is 5.98. The van der Waals surface area contributed by atoms with Gasteiger partial charge in [-0.3, -0.25) is 19.2 Å². The van der Waals surface area contributed by atoms with Crippen molar-refractivity contribution in [2.24, 2.45) is 7.05 Å². The lowest BCUT2D eigenvalue weighted by Gasteiger charge is -2.49. The monoisotopic (exact) mass is 718 g/mol. The molecule has 0 aliphatic carbocycles. The van der Waals surface area contributed by atoms with Crippen LogP contribution < -0.4 is 10.6 Å². The molecule has 0 radical (unpaired) electrons. The highest BCUT2D eigenvalue weighted by Crippen LogP contribution is 2.38. The van der Waals surface area contributed by atoms with Gasteiger partial charge < -0.3 is 50.2 Å². The quantitative estimate of drug-likeness (QED) is 0.184. The average molecular weight is 719 g/mol. The molecule has 0 bridgehead atoms. The molecule has 5 rings (SSSR count). The molecule has 4 heterocycles. The van der Waals surface area contributed by atoms with E-state index in [2.05, 4.69) is 20.6 Å². The smallest absolute Gasteiger partial charge is 0.410 e. The van der Waals surface area contributed by atoms with Gasteiger partial charge in [-0.25, -0.2) is 9.59 Å². The molecule has 17 nitrogen and oxygen atoms in total. The van der Waals surface area contributed by atoms with Gasteiger partial charge in [-0.05, 0) is 45.4 Å². The van der Waals surface area contributed by atoms with Gasteiger partial charge in [0.2, 0.25) is 5.91 Å². The summed E-state index contributed by atoms with van der Waals surface area (Å²) < 4.78 is 19.2. The van der Waals surface area contributed by atoms with Gasteiger partial charge in [0.05, 0.1) is 48.7 Å². The maximum atomic E-state index is 13.0. The van der Waals surface area contributed by atoms with Crippen molar-refractivity contribution in [3.63, 3.8) is 0 Å². The van der Waals surface area contributed by atoms with Crippen molar-refractivity contribution < 1.29 is 53.8 Å². The topological polar surface area (TPSA) is 225 Å². The predicted molar refractivity (Wildman–Crippen MR) is 181 cm³/mol. The van der Waals surface area contributed by atoms with Gasteiger partial charge in [-0.2, -0.15) is 5.10 Å². The Kier molecular flexibility index (Phi) is 11.3. The zero-order valence-corrected chi connectivity index (χ0v) is 29.7. The zero-order chi connectivity index (χ0) is 37.3. The Morgan fingerprint density at radius 1 is 1.18 bits per heavy atom. The Balaban J connectivity index is 1.29. The van der Waals surface area contributed by atoms with Crippen LogP contribution in [0.4, 0.5) is 4.79 Å². The van der Waals surface area contributed by atoms with Crippen molar-refractivity contribution in [2.45, 2.75) is 94.2 Å². The fourth-order valence-corrected chi connectivity index (χ4v) is 7.25. The molecular formula is C34H50N6O11. The van der Waals surface area contributed by atoms with Gasteiger partial charge in [0.1, 0.15) is 17.8 Å². The van der Waals surface area contributed by atoms with Crippen LogP contribution in [0.5, 0.6) is 0 Å². The van der Waals surface area contributed by atoms with Crippen molar-refractivity contribution in [1.82, 2.24) is 30.2 Å². The second kappa shape index (κ2) is 15.0. The molecule has 3 aliphatic rings. The summed E-state index contributed by atoms with van der Waals surface area (Å²) in [6.07, 6.45) is -5.36. The molecule has 3 amide bonds. The number of carboxylic acids is 1. The lowest BCUT2D eigenvalue weighted by Crippen LogP contribution is -2.68. The van der Waals surface area contributed by atoms with Crippen molar-refractivity contribution in [1.29, 1.82) is 0 Å². The second-order valence-corrected chi connectivity index (χ2v) is 14.9. The van der Waals surface area contributed by atoms with Crippen LogP contribution >= 0.6 is 0 Å². The van der Waals surface area contributed by atoms with Crippen LogP contribution in [-0.4, -0.2) is 157 Å². The number of benzene rings is 1. The number of fused-ring (bicyclic) bond motifs is 1. The molecule has 1 spiro atoms. The Hall–Kier alpha value is -3.87. The Bertz CT molecular complexity index is 1610. The summed E-state index contributed by atoms with van der Waals surface area (Å²) in [5, 5.41) is 54.2. The number of aliphatic carboxylic acids is 1. The van der Waals surface area contributed by atoms with Gasteiger partial charge in [0.15, 0.2) is 5.60 Å². The maximum Gasteiger partial charge on any atom is 0.410 e. The number of nitrogens with zero attached hydrogens (tertiary/aromatic N) is 4. The van der Waals surface area contributed by atoms with Crippen molar-refractivity contribution in [2.75, 3.05) is 45.9 Å². The normalized spacial score (nSPS) is 28.4. The standard InChI is InChI=1S/C34H50N6O11/c1-20(41)37-26-24(42)15-34(30(46)47,9-11-40-12-13-49-19-33(40)8-10-39(18-33)31(48)51-32(2,3)4)50-28(26)27(44)25(43)17-35-29(45)21-6-7-23-22(14-21)16-36-38(23)5/h6-7,14,16,24-28,42-44H,8-13,15,17-19H2,1-5H3,(H,35,45)(H,37,41)(H,46,47)/t24-,25+,26+,27+,28+,33-,34+/m0/s1. The SMILES string of the molecule is CC(=O)N[C@H]1[C@H]([C@H](O)[C@H](O)CNC(=O)c2ccc3c(cnn3C)c2)O[C@@](CCN2CCOC[C@@]23CCN(C(=O)OC(C)(C)C)C3)(C(=O)O)C[C@@H]1O. The molecule has 7 atom stereocenters. The molecule has 6 N–H and O–H groups in total. The Morgan fingerprint density at radius 2 is 1.92 bits per heavy atom. The lowest BCUT2D eigenvalue weighted by molar-refractivity contribution is -0.231. The van der Waals surface area contributed by atoms with Crippen molar-refractivity contribution in [3.05, 3.63) is 30.0 Å². The average Bonchev–Trinajstić information content (AvgIpc) is 3.66. The number of amides is 3. The molecule has 3 aliphatic heterocycles. The van der Waals surface area contributed by atoms with Crippen LogP contribution in [0.25, 0.3) is 10.9 Å². The number of nitrogens with one attached hydrogen (secondary N) is 2. The third-order valence-corrected chi connectivity index (χ3v) is 9.96. The van der Waals surface area contributed by atoms with Crippen LogP contribution in [0.3, 0.4) is 0 Å². The first-order chi connectivity index (χ1) is 23.9. The number of hydrogen-bond acceptors (Lipinski definition) is 12. The van der Waals surface area contributed by atoms with Gasteiger partial charge >= 0.3 is 12.1 Å². The minimum absolute atomic E-state index is 0.132. The number of aliphatic hydroxyl groups is 3. The highest BCUT2D eigenvalue weighted by Gasteiger charge is 2.55. The molecule has 282 valence electrons. The van der Waals surface area contributed by atoms with Gasteiger partial charge in [0.25, 0.3) is 5.91 Å². The highest BCUT2D eigenvalue weighted by atomic mass is 16.6.